The summed E-state index contributed by atoms with van der Waals surface area (Å²) in [5.41, 5.74) is 2.89. The van der Waals surface area contributed by atoms with Gasteiger partial charge in [0.25, 0.3) is 0 Å². The lowest BCUT2D eigenvalue weighted by Gasteiger charge is -2.08. The monoisotopic (exact) mass is 317 g/mol. The fourth-order valence-corrected chi connectivity index (χ4v) is 2.28. The van der Waals surface area contributed by atoms with Gasteiger partial charge in [-0.1, -0.05) is 76.1 Å². The normalized spacial score (nSPS) is 11.9. The van der Waals surface area contributed by atoms with E-state index < -0.39 is 0 Å². The van der Waals surface area contributed by atoms with Crippen LogP contribution in [0.5, 0.6) is 0 Å². The van der Waals surface area contributed by atoms with E-state index in [1.165, 1.54) is 5.57 Å². The average molecular weight is 317 g/mol. The predicted molar refractivity (Wildman–Crippen MR) is 103 cm³/mol. The van der Waals surface area contributed by atoms with E-state index in [4.69, 9.17) is 0 Å². The van der Waals surface area contributed by atoms with Gasteiger partial charge in [0.05, 0.1) is 0 Å². The molecular formula is C21H23N3. The second-order valence-corrected chi connectivity index (χ2v) is 5.67. The topological polar surface area (TPSA) is 30.7 Å². The van der Waals surface area contributed by atoms with E-state index >= 15 is 0 Å². The number of allylic oxidation sites excluding steroid dienone is 6. The van der Waals surface area contributed by atoms with Gasteiger partial charge < -0.3 is 0 Å². The largest absolute Gasteiger partial charge is 0.276 e. The van der Waals surface area contributed by atoms with Gasteiger partial charge in [-0.25, -0.2) is 0 Å². The highest BCUT2D eigenvalue weighted by Crippen LogP contribution is 2.20. The lowest BCUT2D eigenvalue weighted by atomic mass is 10.0. The Kier molecular flexibility index (Phi) is 5.85. The summed E-state index contributed by atoms with van der Waals surface area (Å²) in [7, 11) is 0. The summed E-state index contributed by atoms with van der Waals surface area (Å²) in [5, 5.41) is 8.56. The van der Waals surface area contributed by atoms with Crippen LogP contribution in [0.15, 0.2) is 79.9 Å². The Morgan fingerprint density at radius 3 is 2.38 bits per heavy atom. The van der Waals surface area contributed by atoms with Crippen LogP contribution in [0.2, 0.25) is 0 Å². The van der Waals surface area contributed by atoms with Crippen molar-refractivity contribution < 1.29 is 0 Å². The van der Waals surface area contributed by atoms with E-state index in [-0.39, 0.29) is 0 Å². The summed E-state index contributed by atoms with van der Waals surface area (Å²) in [5.74, 6) is 1.85. The van der Waals surface area contributed by atoms with Gasteiger partial charge in [0.2, 0.25) is 0 Å². The number of nitrogens with zero attached hydrogens (tertiary/aromatic N) is 3. The van der Waals surface area contributed by atoms with Crippen LogP contribution in [0.4, 0.5) is 0 Å². The summed E-state index contributed by atoms with van der Waals surface area (Å²) in [6, 6.07) is 9.97. The van der Waals surface area contributed by atoms with E-state index in [0.717, 1.165) is 17.1 Å². The summed E-state index contributed by atoms with van der Waals surface area (Å²) in [6.45, 7) is 15.9. The molecule has 0 unspecified atom stereocenters. The zero-order valence-electron chi connectivity index (χ0n) is 14.3. The Morgan fingerprint density at radius 1 is 1.08 bits per heavy atom. The number of rotatable bonds is 7. The van der Waals surface area contributed by atoms with Crippen LogP contribution in [-0.2, 0) is 0 Å². The van der Waals surface area contributed by atoms with E-state index in [1.807, 2.05) is 59.2 Å². The number of para-hydroxylation sites is 1. The molecule has 0 aliphatic carbocycles. The molecule has 0 spiro atoms. The molecular weight excluding hydrogens is 294 g/mol. The molecule has 3 nitrogen and oxygen atoms in total. The first kappa shape index (κ1) is 17.4. The molecule has 0 atom stereocenters. The minimum absolute atomic E-state index is 0.426. The predicted octanol–water partition coefficient (Wildman–Crippen LogP) is 5.25. The molecule has 1 heterocycles. The van der Waals surface area contributed by atoms with E-state index in [2.05, 4.69) is 43.8 Å². The molecule has 0 saturated carbocycles. The Morgan fingerprint density at radius 2 is 1.79 bits per heavy atom. The Bertz CT molecular complexity index is 790. The van der Waals surface area contributed by atoms with Crippen molar-refractivity contribution in [2.24, 2.45) is 5.92 Å². The number of hydrogen-bond acceptors (Lipinski definition) is 2. The maximum Gasteiger partial charge on any atom is 0.168 e. The first-order chi connectivity index (χ1) is 11.6. The maximum atomic E-state index is 4.29. The van der Waals surface area contributed by atoms with Crippen molar-refractivity contribution in [1.29, 1.82) is 0 Å². The van der Waals surface area contributed by atoms with Gasteiger partial charge in [-0.15, -0.1) is 10.2 Å². The molecule has 0 saturated heterocycles. The number of aromatic nitrogens is 3. The van der Waals surface area contributed by atoms with Gasteiger partial charge in [-0.2, -0.15) is 0 Å². The first-order valence-corrected chi connectivity index (χ1v) is 7.91. The molecule has 122 valence electrons. The van der Waals surface area contributed by atoms with E-state index in [9.17, 15) is 0 Å². The highest BCUT2D eigenvalue weighted by Gasteiger charge is 2.12. The van der Waals surface area contributed by atoms with Crippen molar-refractivity contribution >= 4 is 11.6 Å². The van der Waals surface area contributed by atoms with Gasteiger partial charge in [-0.05, 0) is 29.7 Å². The average Bonchev–Trinajstić information content (AvgIpc) is 3.02. The summed E-state index contributed by atoms with van der Waals surface area (Å²) in [6.07, 6.45) is 9.52. The van der Waals surface area contributed by atoms with E-state index in [0.29, 0.717) is 11.7 Å². The lowest BCUT2D eigenvalue weighted by Crippen LogP contribution is -2.01. The van der Waals surface area contributed by atoms with Crippen LogP contribution in [0.25, 0.3) is 17.3 Å². The Hall–Kier alpha value is -2.94. The van der Waals surface area contributed by atoms with Gasteiger partial charge in [0, 0.05) is 11.3 Å². The Balaban J connectivity index is 2.48. The minimum Gasteiger partial charge on any atom is -0.276 e. The third-order valence-electron chi connectivity index (χ3n) is 3.67. The molecule has 0 bridgehead atoms. The number of benzene rings is 1. The molecule has 3 heteroatoms. The molecule has 1 aromatic heterocycles. The van der Waals surface area contributed by atoms with Crippen LogP contribution < -0.4 is 0 Å². The molecule has 1 aromatic carbocycles. The zero-order valence-corrected chi connectivity index (χ0v) is 14.3. The van der Waals surface area contributed by atoms with Crippen molar-refractivity contribution in [3.63, 3.8) is 0 Å². The van der Waals surface area contributed by atoms with Crippen LogP contribution in [-0.4, -0.2) is 14.8 Å². The molecule has 2 aromatic rings. The van der Waals surface area contributed by atoms with E-state index in [1.54, 1.807) is 6.08 Å². The summed E-state index contributed by atoms with van der Waals surface area (Å²) in [4.78, 5) is 0. The molecule has 0 radical (unpaired) electrons. The van der Waals surface area contributed by atoms with Crippen molar-refractivity contribution in [2.45, 2.75) is 13.8 Å². The van der Waals surface area contributed by atoms with Crippen molar-refractivity contribution in [3.05, 3.63) is 91.6 Å². The highest BCUT2D eigenvalue weighted by atomic mass is 15.3. The van der Waals surface area contributed by atoms with Crippen LogP contribution >= 0.6 is 0 Å². The lowest BCUT2D eigenvalue weighted by molar-refractivity contribution is 0.792. The zero-order chi connectivity index (χ0) is 17.5. The van der Waals surface area contributed by atoms with Gasteiger partial charge in [0.15, 0.2) is 11.6 Å². The van der Waals surface area contributed by atoms with Crippen LogP contribution in [0.1, 0.15) is 25.5 Å². The van der Waals surface area contributed by atoms with Gasteiger partial charge in [0.1, 0.15) is 0 Å². The first-order valence-electron chi connectivity index (χ1n) is 7.91. The Labute approximate surface area is 144 Å². The fraction of sp³-hybridized carbons (Fsp3) is 0.143. The molecule has 0 aliphatic heterocycles. The van der Waals surface area contributed by atoms with Gasteiger partial charge in [-0.3, -0.25) is 4.57 Å². The van der Waals surface area contributed by atoms with Gasteiger partial charge >= 0.3 is 0 Å². The quantitative estimate of drug-likeness (QED) is 0.653. The third kappa shape index (κ3) is 3.87. The minimum atomic E-state index is 0.426. The smallest absolute Gasteiger partial charge is 0.168 e. The van der Waals surface area contributed by atoms with Crippen molar-refractivity contribution in [1.82, 2.24) is 14.8 Å². The third-order valence-corrected chi connectivity index (χ3v) is 3.67. The highest BCUT2D eigenvalue weighted by molar-refractivity contribution is 5.69. The molecule has 24 heavy (non-hydrogen) atoms. The molecule has 0 aliphatic rings. The standard InChI is InChI=1S/C21H23N3/c1-6-17(5)21-23-22-20(15-11-12-18(7-2)16(3)4)24(21)19-13-9-8-10-14-19/h6-16H,1-2,5H2,3-4H3/b15-11+,18-12+. The molecule has 2 rings (SSSR count). The summed E-state index contributed by atoms with van der Waals surface area (Å²) < 4.78 is 1.97. The maximum absolute atomic E-state index is 4.29. The number of hydrogen-bond donors (Lipinski definition) is 0. The van der Waals surface area contributed by atoms with Crippen molar-refractivity contribution in [3.8, 4) is 5.69 Å². The fourth-order valence-electron chi connectivity index (χ4n) is 2.28. The van der Waals surface area contributed by atoms with Crippen LogP contribution in [0, 0.1) is 5.92 Å². The van der Waals surface area contributed by atoms with Crippen molar-refractivity contribution in [2.75, 3.05) is 0 Å². The molecule has 0 fully saturated rings. The second-order valence-electron chi connectivity index (χ2n) is 5.67. The molecule has 0 amide bonds. The SMILES string of the molecule is C=CC(=C)c1nnc(/C=C/C=C(\C=C)C(C)C)n1-c1ccccc1. The van der Waals surface area contributed by atoms with Crippen LogP contribution in [0.3, 0.4) is 0 Å². The second kappa shape index (κ2) is 8.06. The summed E-state index contributed by atoms with van der Waals surface area (Å²) >= 11 is 0. The molecule has 0 N–H and O–H groups in total.